The third-order valence-electron chi connectivity index (χ3n) is 2.18. The van der Waals surface area contributed by atoms with E-state index in [1.54, 1.807) is 30.3 Å². The van der Waals surface area contributed by atoms with Gasteiger partial charge in [-0.3, -0.25) is 0 Å². The van der Waals surface area contributed by atoms with E-state index in [4.69, 9.17) is 27.8 Å². The number of nitrogen functional groups attached to an aromatic ring is 2. The molecule has 0 saturated heterocycles. The first-order valence-electron chi connectivity index (χ1n) is 4.84. The van der Waals surface area contributed by atoms with Crippen LogP contribution in [0.4, 0.5) is 11.4 Å². The molecule has 4 N–H and O–H groups in total. The lowest BCUT2D eigenvalue weighted by molar-refractivity contribution is 0.483. The smallest absolute Gasteiger partial charge is 0.147 e. The molecule has 0 aromatic heterocycles. The summed E-state index contributed by atoms with van der Waals surface area (Å²) in [5, 5.41) is 0.531. The molecule has 2 rings (SSSR count). The summed E-state index contributed by atoms with van der Waals surface area (Å²) in [4.78, 5) is 0. The molecule has 0 bridgehead atoms. The second-order valence-corrected chi connectivity index (χ2v) is 4.79. The standard InChI is InChI=1S/C12H10BrClN2O/c13-7-1-3-9(14)12(5-7)17-8-2-4-10(15)11(16)6-8/h1-6H,15-16H2. The first kappa shape index (κ1) is 12.1. The SMILES string of the molecule is Nc1ccc(Oc2cc(Br)ccc2Cl)cc1N. The number of ether oxygens (including phenoxy) is 1. The summed E-state index contributed by atoms with van der Waals surface area (Å²) in [5.74, 6) is 1.15. The number of halogens is 2. The number of rotatable bonds is 2. The largest absolute Gasteiger partial charge is 0.456 e. The van der Waals surface area contributed by atoms with Crippen LogP contribution in [-0.4, -0.2) is 0 Å². The Morgan fingerprint density at radius 1 is 1.00 bits per heavy atom. The van der Waals surface area contributed by atoms with Gasteiger partial charge in [0.25, 0.3) is 0 Å². The Labute approximate surface area is 112 Å². The summed E-state index contributed by atoms with van der Waals surface area (Å²) in [5.41, 5.74) is 12.3. The van der Waals surface area contributed by atoms with E-state index in [0.717, 1.165) is 4.47 Å². The second kappa shape index (κ2) is 4.85. The Balaban J connectivity index is 2.31. The summed E-state index contributed by atoms with van der Waals surface area (Å²) in [6, 6.07) is 10.5. The number of anilines is 2. The van der Waals surface area contributed by atoms with Gasteiger partial charge in [-0.1, -0.05) is 27.5 Å². The van der Waals surface area contributed by atoms with Crippen LogP contribution in [0.15, 0.2) is 40.9 Å². The number of hydrogen-bond acceptors (Lipinski definition) is 3. The first-order valence-corrected chi connectivity index (χ1v) is 6.01. The molecule has 2 aromatic carbocycles. The highest BCUT2D eigenvalue weighted by Crippen LogP contribution is 2.33. The van der Waals surface area contributed by atoms with Crippen LogP contribution in [-0.2, 0) is 0 Å². The second-order valence-electron chi connectivity index (χ2n) is 3.47. The normalized spacial score (nSPS) is 10.2. The molecular formula is C12H10BrClN2O. The highest BCUT2D eigenvalue weighted by molar-refractivity contribution is 9.10. The van der Waals surface area contributed by atoms with Gasteiger partial charge >= 0.3 is 0 Å². The van der Waals surface area contributed by atoms with Crippen molar-refractivity contribution in [3.8, 4) is 11.5 Å². The summed E-state index contributed by atoms with van der Waals surface area (Å²) in [7, 11) is 0. The van der Waals surface area contributed by atoms with Crippen LogP contribution in [0.25, 0.3) is 0 Å². The summed E-state index contributed by atoms with van der Waals surface area (Å²) < 4.78 is 6.52. The van der Waals surface area contributed by atoms with Crippen molar-refractivity contribution < 1.29 is 4.74 Å². The summed E-state index contributed by atoms with van der Waals surface area (Å²) >= 11 is 9.37. The monoisotopic (exact) mass is 312 g/mol. The van der Waals surface area contributed by atoms with Crippen molar-refractivity contribution in [1.29, 1.82) is 0 Å². The van der Waals surface area contributed by atoms with E-state index in [9.17, 15) is 0 Å². The average Bonchev–Trinajstić information content (AvgIpc) is 2.29. The van der Waals surface area contributed by atoms with Crippen molar-refractivity contribution in [2.75, 3.05) is 11.5 Å². The van der Waals surface area contributed by atoms with Crippen LogP contribution in [0.1, 0.15) is 0 Å². The average molecular weight is 314 g/mol. The molecule has 3 nitrogen and oxygen atoms in total. The van der Waals surface area contributed by atoms with Crippen molar-refractivity contribution in [3.05, 3.63) is 45.9 Å². The molecule has 2 aromatic rings. The van der Waals surface area contributed by atoms with E-state index < -0.39 is 0 Å². The quantitative estimate of drug-likeness (QED) is 0.822. The molecule has 0 saturated carbocycles. The Bertz CT molecular complexity index is 560. The van der Waals surface area contributed by atoms with E-state index in [2.05, 4.69) is 15.9 Å². The highest BCUT2D eigenvalue weighted by atomic mass is 79.9. The van der Waals surface area contributed by atoms with Crippen molar-refractivity contribution in [2.24, 2.45) is 0 Å². The third kappa shape index (κ3) is 2.84. The molecule has 0 fully saturated rings. The molecular weight excluding hydrogens is 304 g/mol. The first-order chi connectivity index (χ1) is 8.06. The minimum absolute atomic E-state index is 0.480. The highest BCUT2D eigenvalue weighted by Gasteiger charge is 2.05. The van der Waals surface area contributed by atoms with Gasteiger partial charge in [0.05, 0.1) is 16.4 Å². The molecule has 0 aliphatic carbocycles. The molecule has 0 unspecified atom stereocenters. The van der Waals surface area contributed by atoms with Gasteiger partial charge in [0.15, 0.2) is 0 Å². The number of hydrogen-bond donors (Lipinski definition) is 2. The minimum atomic E-state index is 0.480. The van der Waals surface area contributed by atoms with Gasteiger partial charge in [-0.2, -0.15) is 0 Å². The summed E-state index contributed by atoms with van der Waals surface area (Å²) in [6.45, 7) is 0. The molecule has 0 spiro atoms. The zero-order chi connectivity index (χ0) is 12.4. The zero-order valence-corrected chi connectivity index (χ0v) is 11.1. The maximum atomic E-state index is 6.02. The number of benzene rings is 2. The minimum Gasteiger partial charge on any atom is -0.456 e. The van der Waals surface area contributed by atoms with Gasteiger partial charge in [-0.15, -0.1) is 0 Å². The molecule has 88 valence electrons. The fourth-order valence-corrected chi connectivity index (χ4v) is 1.79. The van der Waals surface area contributed by atoms with Crippen LogP contribution in [0.2, 0.25) is 5.02 Å². The van der Waals surface area contributed by atoms with Gasteiger partial charge in [-0.25, -0.2) is 0 Å². The van der Waals surface area contributed by atoms with Gasteiger partial charge in [-0.05, 0) is 30.3 Å². The Hall–Kier alpha value is -1.39. The van der Waals surface area contributed by atoms with E-state index >= 15 is 0 Å². The van der Waals surface area contributed by atoms with Crippen LogP contribution >= 0.6 is 27.5 Å². The molecule has 0 aliphatic heterocycles. The molecule has 0 aliphatic rings. The fraction of sp³-hybridized carbons (Fsp3) is 0. The van der Waals surface area contributed by atoms with Gasteiger partial charge in [0, 0.05) is 10.5 Å². The van der Waals surface area contributed by atoms with Crippen molar-refractivity contribution in [2.45, 2.75) is 0 Å². The van der Waals surface area contributed by atoms with Gasteiger partial charge in [0.1, 0.15) is 11.5 Å². The molecule has 17 heavy (non-hydrogen) atoms. The fourth-order valence-electron chi connectivity index (χ4n) is 1.30. The van der Waals surface area contributed by atoms with Gasteiger partial charge < -0.3 is 16.2 Å². The predicted octanol–water partition coefficient (Wildman–Crippen LogP) is 4.06. The van der Waals surface area contributed by atoms with Crippen molar-refractivity contribution >= 4 is 38.9 Å². The van der Waals surface area contributed by atoms with Crippen LogP contribution < -0.4 is 16.2 Å². The van der Waals surface area contributed by atoms with E-state index in [1.165, 1.54) is 0 Å². The lowest BCUT2D eigenvalue weighted by Gasteiger charge is -2.09. The van der Waals surface area contributed by atoms with Crippen LogP contribution in [0.5, 0.6) is 11.5 Å². The molecule has 0 radical (unpaired) electrons. The van der Waals surface area contributed by atoms with Crippen molar-refractivity contribution in [3.63, 3.8) is 0 Å². The zero-order valence-electron chi connectivity index (χ0n) is 8.78. The topological polar surface area (TPSA) is 61.3 Å². The van der Waals surface area contributed by atoms with Crippen LogP contribution in [0.3, 0.4) is 0 Å². The number of nitrogens with two attached hydrogens (primary N) is 2. The van der Waals surface area contributed by atoms with Crippen LogP contribution in [0, 0.1) is 0 Å². The Morgan fingerprint density at radius 3 is 2.47 bits per heavy atom. The van der Waals surface area contributed by atoms with Crippen molar-refractivity contribution in [1.82, 2.24) is 0 Å². The third-order valence-corrected chi connectivity index (χ3v) is 2.98. The van der Waals surface area contributed by atoms with Gasteiger partial charge in [0.2, 0.25) is 0 Å². The van der Waals surface area contributed by atoms with E-state index in [0.29, 0.717) is 27.9 Å². The lowest BCUT2D eigenvalue weighted by atomic mass is 10.2. The molecule has 0 heterocycles. The maximum absolute atomic E-state index is 6.02. The molecule has 5 heteroatoms. The lowest BCUT2D eigenvalue weighted by Crippen LogP contribution is -1.95. The summed E-state index contributed by atoms with van der Waals surface area (Å²) in [6.07, 6.45) is 0. The Kier molecular flexibility index (Phi) is 3.45. The van der Waals surface area contributed by atoms with E-state index in [-0.39, 0.29) is 0 Å². The van der Waals surface area contributed by atoms with E-state index in [1.807, 2.05) is 6.07 Å². The molecule has 0 amide bonds. The Morgan fingerprint density at radius 2 is 1.76 bits per heavy atom. The molecule has 0 atom stereocenters. The predicted molar refractivity (Wildman–Crippen MR) is 74.5 cm³/mol. The maximum Gasteiger partial charge on any atom is 0.147 e.